The van der Waals surface area contributed by atoms with Gasteiger partial charge in [0.05, 0.1) is 12.2 Å². The van der Waals surface area contributed by atoms with Crippen LogP contribution in [-0.2, 0) is 9.47 Å². The minimum atomic E-state index is -0.209. The Balaban J connectivity index is 1.79. The summed E-state index contributed by atoms with van der Waals surface area (Å²) < 4.78 is 12.3. The van der Waals surface area contributed by atoms with E-state index < -0.39 is 0 Å². The third-order valence-corrected chi connectivity index (χ3v) is 4.72. The second-order valence-electron chi connectivity index (χ2n) is 5.91. The highest BCUT2D eigenvalue weighted by Crippen LogP contribution is 2.37. The maximum Gasteiger partial charge on any atom is 0.166 e. The lowest BCUT2D eigenvalue weighted by Gasteiger charge is -2.36. The lowest BCUT2D eigenvalue weighted by molar-refractivity contribution is -0.0920. The Hall–Kier alpha value is -0.710. The van der Waals surface area contributed by atoms with E-state index in [1.807, 2.05) is 25.1 Å². The molecule has 1 aromatic rings. The van der Waals surface area contributed by atoms with E-state index in [9.17, 15) is 4.79 Å². The molecule has 4 heteroatoms. The molecular weight excluding hydrogens is 320 g/mol. The maximum atomic E-state index is 12.7. The molecule has 20 heavy (non-hydrogen) atoms. The summed E-state index contributed by atoms with van der Waals surface area (Å²) in [7, 11) is 0. The molecule has 2 heterocycles. The van der Waals surface area contributed by atoms with Crippen molar-refractivity contribution < 1.29 is 14.3 Å². The van der Waals surface area contributed by atoms with Crippen LogP contribution in [0.25, 0.3) is 0 Å². The Labute approximate surface area is 127 Å². The maximum absolute atomic E-state index is 12.7. The molecule has 0 aliphatic carbocycles. The molecule has 3 nitrogen and oxygen atoms in total. The minimum absolute atomic E-state index is 0.0548. The Bertz CT molecular complexity index is 500. The summed E-state index contributed by atoms with van der Waals surface area (Å²) in [5, 5.41) is 0. The molecule has 0 aromatic heterocycles. The van der Waals surface area contributed by atoms with Crippen LogP contribution in [-0.4, -0.2) is 31.2 Å². The van der Waals surface area contributed by atoms with Crippen LogP contribution in [0.2, 0.25) is 0 Å². The predicted molar refractivity (Wildman–Crippen MR) is 80.1 cm³/mol. The number of hydrogen-bond donors (Lipinski definition) is 0. The number of carbonyl (C=O) groups excluding carboxylic acids is 1. The van der Waals surface area contributed by atoms with Crippen molar-refractivity contribution in [2.24, 2.45) is 5.92 Å². The first kappa shape index (κ1) is 14.2. The Morgan fingerprint density at radius 3 is 2.90 bits per heavy atom. The van der Waals surface area contributed by atoms with E-state index in [1.165, 1.54) is 0 Å². The zero-order valence-electron chi connectivity index (χ0n) is 11.7. The second-order valence-corrected chi connectivity index (χ2v) is 6.82. The van der Waals surface area contributed by atoms with Crippen LogP contribution in [0.4, 0.5) is 0 Å². The van der Waals surface area contributed by atoms with Crippen molar-refractivity contribution in [2.75, 3.05) is 19.8 Å². The van der Waals surface area contributed by atoms with Gasteiger partial charge in [0.15, 0.2) is 5.78 Å². The fraction of sp³-hybridized carbons (Fsp3) is 0.562. The Morgan fingerprint density at radius 1 is 1.35 bits per heavy atom. The number of ketones is 1. The summed E-state index contributed by atoms with van der Waals surface area (Å²) >= 11 is 3.47. The molecular formula is C16H19BrO3. The number of carbonyl (C=O) groups is 1. The Kier molecular flexibility index (Phi) is 3.98. The van der Waals surface area contributed by atoms with E-state index in [1.54, 1.807) is 0 Å². The van der Waals surface area contributed by atoms with Crippen LogP contribution in [0.3, 0.4) is 0 Å². The molecule has 0 radical (unpaired) electrons. The van der Waals surface area contributed by atoms with Crippen LogP contribution >= 0.6 is 15.9 Å². The molecule has 0 N–H and O–H groups in total. The van der Waals surface area contributed by atoms with Gasteiger partial charge in [-0.2, -0.15) is 0 Å². The molecule has 2 fully saturated rings. The lowest BCUT2D eigenvalue weighted by atomic mass is 9.81. The zero-order chi connectivity index (χ0) is 14.2. The second kappa shape index (κ2) is 5.58. The van der Waals surface area contributed by atoms with Crippen LogP contribution < -0.4 is 0 Å². The lowest BCUT2D eigenvalue weighted by Crippen LogP contribution is -2.42. The molecule has 1 spiro atoms. The normalized spacial score (nSPS) is 29.8. The number of aryl methyl sites for hydroxylation is 1. The molecule has 0 saturated carbocycles. The van der Waals surface area contributed by atoms with E-state index in [-0.39, 0.29) is 17.3 Å². The Morgan fingerprint density at radius 2 is 2.20 bits per heavy atom. The summed E-state index contributed by atoms with van der Waals surface area (Å²) in [6.07, 6.45) is 2.51. The van der Waals surface area contributed by atoms with Crippen LogP contribution in [0.15, 0.2) is 22.7 Å². The molecule has 2 saturated heterocycles. The molecule has 108 valence electrons. The van der Waals surface area contributed by atoms with Gasteiger partial charge in [-0.25, -0.2) is 0 Å². The van der Waals surface area contributed by atoms with Crippen LogP contribution in [0, 0.1) is 12.8 Å². The average Bonchev–Trinajstić information content (AvgIpc) is 2.85. The first-order valence-corrected chi connectivity index (χ1v) is 7.90. The summed E-state index contributed by atoms with van der Waals surface area (Å²) in [6.45, 7) is 4.05. The van der Waals surface area contributed by atoms with Crippen LogP contribution in [0.5, 0.6) is 0 Å². The van der Waals surface area contributed by atoms with Crippen molar-refractivity contribution in [3.05, 3.63) is 33.8 Å². The van der Waals surface area contributed by atoms with Gasteiger partial charge in [-0.15, -0.1) is 0 Å². The van der Waals surface area contributed by atoms with Gasteiger partial charge >= 0.3 is 0 Å². The van der Waals surface area contributed by atoms with Crippen molar-refractivity contribution >= 4 is 21.7 Å². The fourth-order valence-corrected chi connectivity index (χ4v) is 3.84. The highest BCUT2D eigenvalue weighted by molar-refractivity contribution is 9.10. The first-order chi connectivity index (χ1) is 9.58. The van der Waals surface area contributed by atoms with Crippen molar-refractivity contribution in [1.29, 1.82) is 0 Å². The smallest absolute Gasteiger partial charge is 0.166 e. The third kappa shape index (κ3) is 2.83. The molecule has 0 bridgehead atoms. The molecule has 2 atom stereocenters. The highest BCUT2D eigenvalue weighted by Gasteiger charge is 2.43. The van der Waals surface area contributed by atoms with E-state index in [0.29, 0.717) is 13.2 Å². The van der Waals surface area contributed by atoms with Crippen molar-refractivity contribution in [1.82, 2.24) is 0 Å². The molecule has 2 unspecified atom stereocenters. The SMILES string of the molecule is Cc1cc(Br)cc(C(=O)C2CCOC3(CCOC3)C2)c1. The summed E-state index contributed by atoms with van der Waals surface area (Å²) in [4.78, 5) is 12.7. The number of hydrogen-bond acceptors (Lipinski definition) is 3. The third-order valence-electron chi connectivity index (χ3n) is 4.26. The van der Waals surface area contributed by atoms with Gasteiger partial charge in [0.1, 0.15) is 0 Å². The predicted octanol–water partition coefficient (Wildman–Crippen LogP) is 3.53. The standard InChI is InChI=1S/C16H19BrO3/c1-11-6-13(8-14(17)7-11)15(18)12-2-4-20-16(9-12)3-5-19-10-16/h6-8,12H,2-5,9-10H2,1H3. The summed E-state index contributed by atoms with van der Waals surface area (Å²) in [5.74, 6) is 0.295. The number of rotatable bonds is 2. The van der Waals surface area contributed by atoms with E-state index in [4.69, 9.17) is 9.47 Å². The molecule has 2 aliphatic heterocycles. The van der Waals surface area contributed by atoms with Crippen molar-refractivity contribution in [3.63, 3.8) is 0 Å². The minimum Gasteiger partial charge on any atom is -0.378 e. The summed E-state index contributed by atoms with van der Waals surface area (Å²) in [5.41, 5.74) is 1.70. The molecule has 2 aliphatic rings. The summed E-state index contributed by atoms with van der Waals surface area (Å²) in [6, 6.07) is 5.91. The number of benzene rings is 1. The van der Waals surface area contributed by atoms with E-state index in [2.05, 4.69) is 15.9 Å². The first-order valence-electron chi connectivity index (χ1n) is 7.11. The fourth-order valence-electron chi connectivity index (χ4n) is 3.23. The number of Topliss-reactive ketones (excluding diaryl/α,β-unsaturated/α-hetero) is 1. The average molecular weight is 339 g/mol. The molecule has 3 rings (SSSR count). The van der Waals surface area contributed by atoms with Gasteiger partial charge in [-0.3, -0.25) is 4.79 Å². The topological polar surface area (TPSA) is 35.5 Å². The van der Waals surface area contributed by atoms with Gasteiger partial charge < -0.3 is 9.47 Å². The van der Waals surface area contributed by atoms with Gasteiger partial charge in [0, 0.05) is 35.6 Å². The van der Waals surface area contributed by atoms with Crippen molar-refractivity contribution in [3.8, 4) is 0 Å². The number of ether oxygens (including phenoxy) is 2. The van der Waals surface area contributed by atoms with Gasteiger partial charge in [-0.1, -0.05) is 15.9 Å². The van der Waals surface area contributed by atoms with E-state index in [0.717, 1.165) is 41.5 Å². The molecule has 0 amide bonds. The quantitative estimate of drug-likeness (QED) is 0.774. The van der Waals surface area contributed by atoms with E-state index >= 15 is 0 Å². The zero-order valence-corrected chi connectivity index (χ0v) is 13.2. The van der Waals surface area contributed by atoms with Crippen molar-refractivity contribution in [2.45, 2.75) is 31.8 Å². The molecule has 1 aromatic carbocycles. The number of halogens is 1. The van der Waals surface area contributed by atoms with Gasteiger partial charge in [-0.05, 0) is 43.5 Å². The van der Waals surface area contributed by atoms with Gasteiger partial charge in [0.25, 0.3) is 0 Å². The largest absolute Gasteiger partial charge is 0.378 e. The highest BCUT2D eigenvalue weighted by atomic mass is 79.9. The van der Waals surface area contributed by atoms with Crippen LogP contribution in [0.1, 0.15) is 35.2 Å². The monoisotopic (exact) mass is 338 g/mol. The van der Waals surface area contributed by atoms with Gasteiger partial charge in [0.2, 0.25) is 0 Å².